The van der Waals surface area contributed by atoms with Crippen molar-refractivity contribution in [3.8, 4) is 0 Å². The number of rotatable bonds is 5. The fraction of sp³-hybridized carbons (Fsp3) is 0.286. The SMILES string of the molecule is C=CCOC(=O)N(CC)c1ccc(C)cc1C(=O)O. The van der Waals surface area contributed by atoms with Gasteiger partial charge in [0.25, 0.3) is 0 Å². The molecule has 0 saturated carbocycles. The third-order valence-electron chi connectivity index (χ3n) is 2.53. The molecule has 0 aromatic heterocycles. The highest BCUT2D eigenvalue weighted by Crippen LogP contribution is 2.22. The lowest BCUT2D eigenvalue weighted by molar-refractivity contribution is 0.0697. The number of anilines is 1. The third kappa shape index (κ3) is 3.58. The molecule has 0 saturated heterocycles. The van der Waals surface area contributed by atoms with Gasteiger partial charge in [0.15, 0.2) is 0 Å². The van der Waals surface area contributed by atoms with Crippen LogP contribution in [0.1, 0.15) is 22.8 Å². The van der Waals surface area contributed by atoms with E-state index >= 15 is 0 Å². The van der Waals surface area contributed by atoms with E-state index < -0.39 is 12.1 Å². The first kappa shape index (κ1) is 14.8. The smallest absolute Gasteiger partial charge is 0.414 e. The fourth-order valence-corrected chi connectivity index (χ4v) is 1.66. The Balaban J connectivity index is 3.14. The van der Waals surface area contributed by atoms with E-state index in [-0.39, 0.29) is 12.2 Å². The van der Waals surface area contributed by atoms with Gasteiger partial charge >= 0.3 is 12.1 Å². The summed E-state index contributed by atoms with van der Waals surface area (Å²) in [5, 5.41) is 9.20. The Morgan fingerprint density at radius 2 is 2.16 bits per heavy atom. The maximum atomic E-state index is 11.9. The van der Waals surface area contributed by atoms with Crippen LogP contribution in [-0.2, 0) is 4.74 Å². The molecule has 1 N–H and O–H groups in total. The Labute approximate surface area is 112 Å². The summed E-state index contributed by atoms with van der Waals surface area (Å²) in [6.45, 7) is 7.41. The molecular formula is C14H17NO4. The minimum atomic E-state index is -1.08. The van der Waals surface area contributed by atoms with Crippen LogP contribution in [-0.4, -0.2) is 30.3 Å². The second-order valence-corrected chi connectivity index (χ2v) is 3.94. The van der Waals surface area contributed by atoms with Crippen molar-refractivity contribution >= 4 is 17.7 Å². The number of nitrogens with zero attached hydrogens (tertiary/aromatic N) is 1. The van der Waals surface area contributed by atoms with Gasteiger partial charge in [-0.3, -0.25) is 4.90 Å². The van der Waals surface area contributed by atoms with Crippen molar-refractivity contribution in [2.45, 2.75) is 13.8 Å². The van der Waals surface area contributed by atoms with Gasteiger partial charge in [-0.25, -0.2) is 9.59 Å². The summed E-state index contributed by atoms with van der Waals surface area (Å²) in [6.07, 6.45) is 0.868. The number of ether oxygens (including phenoxy) is 1. The van der Waals surface area contributed by atoms with E-state index in [9.17, 15) is 14.7 Å². The van der Waals surface area contributed by atoms with Crippen LogP contribution >= 0.6 is 0 Å². The number of carbonyl (C=O) groups excluding carboxylic acids is 1. The molecule has 0 radical (unpaired) electrons. The van der Waals surface area contributed by atoms with Gasteiger partial charge < -0.3 is 9.84 Å². The number of hydrogen-bond acceptors (Lipinski definition) is 3. The molecule has 1 aromatic carbocycles. The molecular weight excluding hydrogens is 246 g/mol. The average Bonchev–Trinajstić information content (AvgIpc) is 2.38. The Bertz CT molecular complexity index is 496. The molecule has 5 heteroatoms. The lowest BCUT2D eigenvalue weighted by Gasteiger charge is -2.22. The van der Waals surface area contributed by atoms with Gasteiger partial charge in [0, 0.05) is 6.54 Å². The highest BCUT2D eigenvalue weighted by molar-refractivity contribution is 6.00. The van der Waals surface area contributed by atoms with Crippen LogP contribution in [0.25, 0.3) is 0 Å². The molecule has 0 aliphatic rings. The van der Waals surface area contributed by atoms with Gasteiger partial charge in [0.1, 0.15) is 6.61 Å². The van der Waals surface area contributed by atoms with Crippen LogP contribution in [0.3, 0.4) is 0 Å². The summed E-state index contributed by atoms with van der Waals surface area (Å²) in [6, 6.07) is 4.89. The second kappa shape index (κ2) is 6.58. The highest BCUT2D eigenvalue weighted by Gasteiger charge is 2.21. The second-order valence-electron chi connectivity index (χ2n) is 3.94. The zero-order chi connectivity index (χ0) is 14.4. The largest absolute Gasteiger partial charge is 0.478 e. The number of aromatic carboxylic acids is 1. The minimum absolute atomic E-state index is 0.0809. The van der Waals surface area contributed by atoms with Crippen LogP contribution in [0, 0.1) is 6.92 Å². The Kier molecular flexibility index (Phi) is 5.11. The minimum Gasteiger partial charge on any atom is -0.478 e. The van der Waals surface area contributed by atoms with E-state index in [1.807, 2.05) is 0 Å². The lowest BCUT2D eigenvalue weighted by atomic mass is 10.1. The van der Waals surface area contributed by atoms with Crippen LogP contribution in [0.15, 0.2) is 30.9 Å². The van der Waals surface area contributed by atoms with Gasteiger partial charge in [-0.1, -0.05) is 24.3 Å². The molecule has 5 nitrogen and oxygen atoms in total. The Morgan fingerprint density at radius 1 is 1.47 bits per heavy atom. The first-order valence-electron chi connectivity index (χ1n) is 5.90. The number of carbonyl (C=O) groups is 2. The van der Waals surface area contributed by atoms with E-state index in [4.69, 9.17) is 4.74 Å². The summed E-state index contributed by atoms with van der Waals surface area (Å²) in [5.41, 5.74) is 1.23. The van der Waals surface area contributed by atoms with Gasteiger partial charge in [0.05, 0.1) is 11.3 Å². The maximum Gasteiger partial charge on any atom is 0.414 e. The summed E-state index contributed by atoms with van der Waals surface area (Å²) in [7, 11) is 0. The molecule has 0 aliphatic carbocycles. The summed E-state index contributed by atoms with van der Waals surface area (Å²) in [4.78, 5) is 24.4. The molecule has 1 amide bonds. The lowest BCUT2D eigenvalue weighted by Crippen LogP contribution is -2.32. The first-order valence-corrected chi connectivity index (χ1v) is 5.90. The first-order chi connectivity index (χ1) is 9.01. The van der Waals surface area contributed by atoms with E-state index in [1.54, 1.807) is 26.0 Å². The molecule has 0 bridgehead atoms. The number of aryl methyl sites for hydroxylation is 1. The van der Waals surface area contributed by atoms with Crippen molar-refractivity contribution in [2.24, 2.45) is 0 Å². The number of carboxylic acids is 1. The number of amides is 1. The highest BCUT2D eigenvalue weighted by atomic mass is 16.6. The molecule has 0 unspecified atom stereocenters. The van der Waals surface area contributed by atoms with Crippen molar-refractivity contribution in [1.29, 1.82) is 0 Å². The Morgan fingerprint density at radius 3 is 2.68 bits per heavy atom. The van der Waals surface area contributed by atoms with E-state index in [1.165, 1.54) is 17.0 Å². The number of carboxylic acid groups (broad SMARTS) is 1. The Hall–Kier alpha value is -2.30. The normalized spacial score (nSPS) is 9.79. The molecule has 0 aliphatic heterocycles. The molecule has 0 heterocycles. The molecule has 0 atom stereocenters. The van der Waals surface area contributed by atoms with Crippen molar-refractivity contribution in [3.05, 3.63) is 42.0 Å². The summed E-state index contributed by atoms with van der Waals surface area (Å²) < 4.78 is 4.94. The van der Waals surface area contributed by atoms with Crippen LogP contribution in [0.2, 0.25) is 0 Å². The molecule has 1 aromatic rings. The monoisotopic (exact) mass is 263 g/mol. The predicted molar refractivity (Wildman–Crippen MR) is 72.7 cm³/mol. The predicted octanol–water partition coefficient (Wildman–Crippen LogP) is 2.84. The van der Waals surface area contributed by atoms with E-state index in [0.717, 1.165) is 5.56 Å². The van der Waals surface area contributed by atoms with E-state index in [0.29, 0.717) is 12.2 Å². The summed E-state index contributed by atoms with van der Waals surface area (Å²) in [5.74, 6) is -1.08. The van der Waals surface area contributed by atoms with Crippen molar-refractivity contribution in [2.75, 3.05) is 18.1 Å². The van der Waals surface area contributed by atoms with Gasteiger partial charge in [-0.2, -0.15) is 0 Å². The van der Waals surface area contributed by atoms with Crippen molar-refractivity contribution in [1.82, 2.24) is 0 Å². The van der Waals surface area contributed by atoms with E-state index in [2.05, 4.69) is 6.58 Å². The zero-order valence-corrected chi connectivity index (χ0v) is 11.0. The standard InChI is InChI=1S/C14H17NO4/c1-4-8-19-14(18)15(5-2)12-7-6-10(3)9-11(12)13(16)17/h4,6-7,9H,1,5,8H2,2-3H3,(H,16,17). The quantitative estimate of drug-likeness (QED) is 0.829. The molecule has 0 fully saturated rings. The third-order valence-corrected chi connectivity index (χ3v) is 2.53. The van der Waals surface area contributed by atoms with Crippen LogP contribution in [0.5, 0.6) is 0 Å². The fourth-order valence-electron chi connectivity index (χ4n) is 1.66. The van der Waals surface area contributed by atoms with Gasteiger partial charge in [-0.05, 0) is 26.0 Å². The van der Waals surface area contributed by atoms with Crippen molar-refractivity contribution < 1.29 is 19.4 Å². The number of hydrogen-bond donors (Lipinski definition) is 1. The van der Waals surface area contributed by atoms with Gasteiger partial charge in [0.2, 0.25) is 0 Å². The number of benzene rings is 1. The molecule has 102 valence electrons. The average molecular weight is 263 g/mol. The maximum absolute atomic E-state index is 11.9. The molecule has 19 heavy (non-hydrogen) atoms. The topological polar surface area (TPSA) is 66.8 Å². The zero-order valence-electron chi connectivity index (χ0n) is 11.0. The van der Waals surface area contributed by atoms with Gasteiger partial charge in [-0.15, -0.1) is 0 Å². The molecule has 1 rings (SSSR count). The summed E-state index contributed by atoms with van der Waals surface area (Å²) >= 11 is 0. The van der Waals surface area contributed by atoms with Crippen LogP contribution < -0.4 is 4.90 Å². The van der Waals surface area contributed by atoms with Crippen LogP contribution in [0.4, 0.5) is 10.5 Å². The molecule has 0 spiro atoms. The van der Waals surface area contributed by atoms with Crippen molar-refractivity contribution in [3.63, 3.8) is 0 Å².